The highest BCUT2D eigenvalue weighted by atomic mass is 32.1. The van der Waals surface area contributed by atoms with Gasteiger partial charge in [0.2, 0.25) is 5.96 Å². The van der Waals surface area contributed by atoms with E-state index >= 15 is 0 Å². The number of H-pyrrole nitrogens is 1. The molecule has 0 saturated heterocycles. The van der Waals surface area contributed by atoms with Gasteiger partial charge in [-0.1, -0.05) is 53.0 Å². The molecule has 0 aliphatic carbocycles. The zero-order valence-corrected chi connectivity index (χ0v) is 16.3. The SMILES string of the molecule is CN=C(NNN)NC(=O)c1nc(NC(=O)c2[nH+]ccs2)sc1-c1ccccc1. The fourth-order valence-electron chi connectivity index (χ4n) is 2.21. The first-order valence-electron chi connectivity index (χ1n) is 7.95. The molecular formula is C16H17N8O2S2+. The standard InChI is InChI=1S/C16H16N8O2S2/c1-18-15(23-24-17)21-12(25)10-11(9-5-3-2-4-6-9)28-16(20-10)22-13(26)14-19-7-8-27-14/h2-8,24H,17H2,1H3,(H,20,22,26)(H2,18,21,23,25)/p+1. The van der Waals surface area contributed by atoms with E-state index in [2.05, 4.69) is 36.6 Å². The van der Waals surface area contributed by atoms with Crippen LogP contribution in [0.2, 0.25) is 0 Å². The summed E-state index contributed by atoms with van der Waals surface area (Å²) in [6.45, 7) is 0. The molecule has 0 aliphatic rings. The minimum atomic E-state index is -0.498. The second-order valence-electron chi connectivity index (χ2n) is 5.21. The number of aliphatic imine (C=N–C) groups is 1. The molecule has 1 aromatic carbocycles. The summed E-state index contributed by atoms with van der Waals surface area (Å²) in [6.07, 6.45) is 1.67. The van der Waals surface area contributed by atoms with Crippen molar-refractivity contribution < 1.29 is 14.6 Å². The molecule has 7 N–H and O–H groups in total. The Morgan fingerprint density at radius 2 is 2.00 bits per heavy atom. The third-order valence-corrected chi connectivity index (χ3v) is 5.25. The molecule has 10 nitrogen and oxygen atoms in total. The van der Waals surface area contributed by atoms with Crippen LogP contribution in [0.4, 0.5) is 5.13 Å². The lowest BCUT2D eigenvalue weighted by molar-refractivity contribution is -0.374. The molecule has 2 amide bonds. The molecule has 0 bridgehead atoms. The predicted octanol–water partition coefficient (Wildman–Crippen LogP) is 0.622. The lowest BCUT2D eigenvalue weighted by atomic mass is 10.1. The maximum atomic E-state index is 12.7. The molecule has 28 heavy (non-hydrogen) atoms. The smallest absolute Gasteiger partial charge is 0.292 e. The number of carbonyl (C=O) groups is 2. The van der Waals surface area contributed by atoms with E-state index in [0.29, 0.717) is 15.0 Å². The van der Waals surface area contributed by atoms with Crippen molar-refractivity contribution in [3.05, 3.63) is 52.6 Å². The lowest BCUT2D eigenvalue weighted by Gasteiger charge is -2.08. The monoisotopic (exact) mass is 417 g/mol. The second kappa shape index (κ2) is 9.14. The van der Waals surface area contributed by atoms with E-state index in [1.165, 1.54) is 29.7 Å². The molecule has 3 rings (SSSR count). The first-order valence-corrected chi connectivity index (χ1v) is 9.64. The Labute approximate surface area is 167 Å². The van der Waals surface area contributed by atoms with Crippen LogP contribution in [0, 0.1) is 0 Å². The van der Waals surface area contributed by atoms with Crippen LogP contribution >= 0.6 is 22.7 Å². The quantitative estimate of drug-likeness (QED) is 0.178. The number of rotatable bonds is 5. The van der Waals surface area contributed by atoms with Crippen molar-refractivity contribution >= 4 is 45.6 Å². The van der Waals surface area contributed by atoms with E-state index < -0.39 is 5.91 Å². The molecule has 0 spiro atoms. The number of benzene rings is 1. The number of anilines is 1. The number of hydrogen-bond donors (Lipinski definition) is 5. The van der Waals surface area contributed by atoms with Crippen LogP contribution in [0.5, 0.6) is 0 Å². The fourth-order valence-corrected chi connectivity index (χ4v) is 3.74. The van der Waals surface area contributed by atoms with Crippen molar-refractivity contribution in [3.63, 3.8) is 0 Å². The van der Waals surface area contributed by atoms with Gasteiger partial charge in [0.15, 0.2) is 11.3 Å². The summed E-state index contributed by atoms with van der Waals surface area (Å²) >= 11 is 2.47. The van der Waals surface area contributed by atoms with Gasteiger partial charge in [-0.3, -0.25) is 36.5 Å². The highest BCUT2D eigenvalue weighted by Gasteiger charge is 2.23. The van der Waals surface area contributed by atoms with E-state index in [1.54, 1.807) is 11.6 Å². The second-order valence-corrected chi connectivity index (χ2v) is 7.12. The topological polar surface area (TPSA) is 148 Å². The number of amides is 2. The number of guanidine groups is 1. The van der Waals surface area contributed by atoms with Gasteiger partial charge in [0.1, 0.15) is 5.69 Å². The van der Waals surface area contributed by atoms with Crippen molar-refractivity contribution in [1.82, 2.24) is 21.3 Å². The van der Waals surface area contributed by atoms with Crippen LogP contribution in [-0.2, 0) is 0 Å². The number of thiazole rings is 2. The van der Waals surface area contributed by atoms with Gasteiger partial charge in [-0.2, -0.15) is 10.5 Å². The third-order valence-electron chi connectivity index (χ3n) is 3.42. The number of aromatic amines is 1. The number of nitrogens with two attached hydrogens (primary N) is 1. The van der Waals surface area contributed by atoms with Crippen LogP contribution < -0.4 is 32.4 Å². The van der Waals surface area contributed by atoms with Crippen LogP contribution in [-0.4, -0.2) is 29.8 Å². The average Bonchev–Trinajstić information content (AvgIpc) is 3.38. The Hall–Kier alpha value is -3.19. The molecule has 0 radical (unpaired) electrons. The summed E-state index contributed by atoms with van der Waals surface area (Å²) in [5.74, 6) is 4.48. The number of hydrazine groups is 2. The Morgan fingerprint density at radius 1 is 1.21 bits per heavy atom. The number of aromatic nitrogens is 2. The largest absolute Gasteiger partial charge is 0.333 e. The lowest BCUT2D eigenvalue weighted by Crippen LogP contribution is -2.50. The summed E-state index contributed by atoms with van der Waals surface area (Å²) in [5.41, 5.74) is 5.65. The first-order chi connectivity index (χ1) is 13.6. The molecule has 0 fully saturated rings. The van der Waals surface area contributed by atoms with Crippen molar-refractivity contribution in [2.75, 3.05) is 12.4 Å². The van der Waals surface area contributed by atoms with Crippen LogP contribution in [0.15, 0.2) is 46.9 Å². The van der Waals surface area contributed by atoms with Gasteiger partial charge in [-0.25, -0.2) is 4.98 Å². The van der Waals surface area contributed by atoms with Crippen molar-refractivity contribution in [1.29, 1.82) is 0 Å². The Balaban J connectivity index is 1.92. The average molecular weight is 418 g/mol. The summed E-state index contributed by atoms with van der Waals surface area (Å²) in [4.78, 5) is 36.7. The van der Waals surface area contributed by atoms with Gasteiger partial charge >= 0.3 is 10.9 Å². The normalized spacial score (nSPS) is 11.1. The number of hydrogen-bond acceptors (Lipinski definition) is 8. The summed E-state index contributed by atoms with van der Waals surface area (Å²) in [5, 5.41) is 7.78. The fraction of sp³-hybridized carbons (Fsp3) is 0.0625. The molecule has 0 saturated carbocycles. The van der Waals surface area contributed by atoms with Gasteiger partial charge in [-0.05, 0) is 5.56 Å². The van der Waals surface area contributed by atoms with Gasteiger partial charge in [0, 0.05) is 7.05 Å². The minimum absolute atomic E-state index is 0.123. The highest BCUT2D eigenvalue weighted by Crippen LogP contribution is 2.33. The zero-order chi connectivity index (χ0) is 19.9. The van der Waals surface area contributed by atoms with E-state index in [1.807, 2.05) is 30.3 Å². The maximum Gasteiger partial charge on any atom is 0.333 e. The minimum Gasteiger partial charge on any atom is -0.292 e. The van der Waals surface area contributed by atoms with Crippen molar-refractivity contribution in [2.24, 2.45) is 10.8 Å². The van der Waals surface area contributed by atoms with Crippen LogP contribution in [0.1, 0.15) is 20.3 Å². The molecule has 3 aromatic rings. The van der Waals surface area contributed by atoms with Gasteiger partial charge < -0.3 is 0 Å². The van der Waals surface area contributed by atoms with E-state index in [-0.39, 0.29) is 17.6 Å². The van der Waals surface area contributed by atoms with E-state index in [4.69, 9.17) is 5.84 Å². The molecular weight excluding hydrogens is 400 g/mol. The first kappa shape index (κ1) is 19.6. The molecule has 144 valence electrons. The Kier molecular flexibility index (Phi) is 6.39. The summed E-state index contributed by atoms with van der Waals surface area (Å²) in [7, 11) is 1.49. The molecule has 2 aromatic heterocycles. The molecule has 0 atom stereocenters. The van der Waals surface area contributed by atoms with E-state index in [0.717, 1.165) is 5.56 Å². The number of carbonyl (C=O) groups excluding carboxylic acids is 2. The number of nitrogens with zero attached hydrogens (tertiary/aromatic N) is 2. The molecule has 0 unspecified atom stereocenters. The Bertz CT molecular complexity index is 986. The van der Waals surface area contributed by atoms with Crippen molar-refractivity contribution in [3.8, 4) is 10.4 Å². The summed E-state index contributed by atoms with van der Waals surface area (Å²) in [6, 6.07) is 9.30. The maximum absolute atomic E-state index is 12.7. The molecule has 0 aliphatic heterocycles. The Morgan fingerprint density at radius 3 is 2.64 bits per heavy atom. The number of nitrogens with one attached hydrogen (secondary N) is 5. The van der Waals surface area contributed by atoms with Gasteiger partial charge in [0.05, 0.1) is 10.3 Å². The zero-order valence-electron chi connectivity index (χ0n) is 14.6. The highest BCUT2D eigenvalue weighted by molar-refractivity contribution is 7.19. The van der Waals surface area contributed by atoms with Crippen LogP contribution in [0.3, 0.4) is 0 Å². The molecule has 12 heteroatoms. The van der Waals surface area contributed by atoms with E-state index in [9.17, 15) is 9.59 Å². The summed E-state index contributed by atoms with van der Waals surface area (Å²) < 4.78 is 0. The van der Waals surface area contributed by atoms with Crippen LogP contribution in [0.25, 0.3) is 10.4 Å². The third kappa shape index (κ3) is 4.55. The molecule has 2 heterocycles. The van der Waals surface area contributed by atoms with Gasteiger partial charge in [-0.15, -0.1) is 0 Å². The van der Waals surface area contributed by atoms with Gasteiger partial charge in [0.25, 0.3) is 5.91 Å². The predicted molar refractivity (Wildman–Crippen MR) is 108 cm³/mol. The van der Waals surface area contributed by atoms with Crippen molar-refractivity contribution in [2.45, 2.75) is 0 Å².